The topological polar surface area (TPSA) is 80.5 Å². The van der Waals surface area contributed by atoms with Gasteiger partial charge in [0.25, 0.3) is 16.8 Å². The zero-order valence-corrected chi connectivity index (χ0v) is 14.0. The van der Waals surface area contributed by atoms with Crippen LogP contribution in [0.25, 0.3) is 6.08 Å². The molecule has 0 radical (unpaired) electrons. The molecule has 0 unspecified atom stereocenters. The summed E-state index contributed by atoms with van der Waals surface area (Å²) >= 11 is 0.787. The van der Waals surface area contributed by atoms with Gasteiger partial charge in [-0.1, -0.05) is 12.2 Å². The number of carbonyl (C=O) groups is 2. The molecule has 1 saturated heterocycles. The van der Waals surface area contributed by atoms with E-state index in [1.807, 2.05) is 0 Å². The Morgan fingerprint density at radius 3 is 2.31 bits per heavy atom. The van der Waals surface area contributed by atoms with Gasteiger partial charge in [-0.2, -0.15) is 0 Å². The predicted octanol–water partition coefficient (Wildman–Crippen LogP) is 4.53. The smallest absolute Gasteiger partial charge is 0.268 e. The van der Waals surface area contributed by atoms with Crippen LogP contribution in [0.1, 0.15) is 5.56 Å². The number of carbonyl (C=O) groups excluding carboxylic acids is 2. The molecule has 1 heterocycles. The van der Waals surface area contributed by atoms with E-state index in [2.05, 4.69) is 0 Å². The van der Waals surface area contributed by atoms with Gasteiger partial charge in [0.1, 0.15) is 5.82 Å². The van der Waals surface area contributed by atoms with Gasteiger partial charge in [0, 0.05) is 12.1 Å². The van der Waals surface area contributed by atoms with Crippen LogP contribution in [-0.4, -0.2) is 16.1 Å². The number of hydrogen-bond acceptors (Lipinski definition) is 5. The maximum atomic E-state index is 13.0. The van der Waals surface area contributed by atoms with Gasteiger partial charge in [-0.05, 0) is 59.8 Å². The number of nitro groups is 1. The Morgan fingerprint density at radius 2 is 1.69 bits per heavy atom. The van der Waals surface area contributed by atoms with E-state index in [1.165, 1.54) is 42.5 Å². The van der Waals surface area contributed by atoms with Crippen LogP contribution in [0.2, 0.25) is 0 Å². The Kier molecular flexibility index (Phi) is 4.94. The minimum Gasteiger partial charge on any atom is -0.268 e. The average molecular weight is 370 g/mol. The maximum Gasteiger partial charge on any atom is 0.298 e. The van der Waals surface area contributed by atoms with Gasteiger partial charge in [0.2, 0.25) is 0 Å². The van der Waals surface area contributed by atoms with Crippen molar-refractivity contribution in [2.45, 2.75) is 0 Å². The number of benzene rings is 2. The van der Waals surface area contributed by atoms with Crippen molar-refractivity contribution < 1.29 is 18.9 Å². The maximum absolute atomic E-state index is 13.0. The summed E-state index contributed by atoms with van der Waals surface area (Å²) in [6.45, 7) is 0. The fourth-order valence-corrected chi connectivity index (χ4v) is 3.04. The zero-order valence-electron chi connectivity index (χ0n) is 13.2. The van der Waals surface area contributed by atoms with Crippen LogP contribution in [0.4, 0.5) is 20.6 Å². The molecule has 0 aliphatic carbocycles. The predicted molar refractivity (Wildman–Crippen MR) is 97.1 cm³/mol. The van der Waals surface area contributed by atoms with E-state index in [-0.39, 0.29) is 10.6 Å². The minimum atomic E-state index is -0.487. The van der Waals surface area contributed by atoms with Crippen LogP contribution in [-0.2, 0) is 4.79 Å². The first-order valence-electron chi connectivity index (χ1n) is 7.40. The number of imide groups is 1. The molecule has 0 atom stereocenters. The second-order valence-electron chi connectivity index (χ2n) is 5.22. The lowest BCUT2D eigenvalue weighted by molar-refractivity contribution is -0.384. The van der Waals surface area contributed by atoms with Gasteiger partial charge >= 0.3 is 0 Å². The number of non-ortho nitro benzene ring substituents is 1. The van der Waals surface area contributed by atoms with Gasteiger partial charge < -0.3 is 0 Å². The molecule has 0 aromatic heterocycles. The molecule has 1 aliphatic heterocycles. The van der Waals surface area contributed by atoms with E-state index in [9.17, 15) is 24.1 Å². The van der Waals surface area contributed by atoms with E-state index >= 15 is 0 Å². The van der Waals surface area contributed by atoms with E-state index in [1.54, 1.807) is 24.3 Å². The summed E-state index contributed by atoms with van der Waals surface area (Å²) in [4.78, 5) is 35.8. The molecular formula is C18H11FN2O4S. The molecule has 0 N–H and O–H groups in total. The number of thioether (sulfide) groups is 1. The lowest BCUT2D eigenvalue weighted by atomic mass is 10.2. The lowest BCUT2D eigenvalue weighted by Crippen LogP contribution is -2.27. The van der Waals surface area contributed by atoms with E-state index in [0.29, 0.717) is 11.3 Å². The van der Waals surface area contributed by atoms with Crippen molar-refractivity contribution in [3.63, 3.8) is 0 Å². The average Bonchev–Trinajstić information content (AvgIpc) is 2.90. The first-order valence-corrected chi connectivity index (χ1v) is 8.22. The molecule has 8 heteroatoms. The molecule has 6 nitrogen and oxygen atoms in total. The number of halogens is 1. The van der Waals surface area contributed by atoms with Crippen molar-refractivity contribution in [2.75, 3.05) is 4.90 Å². The second kappa shape index (κ2) is 7.32. The third-order valence-electron chi connectivity index (χ3n) is 3.52. The Hall–Kier alpha value is -3.26. The number of amides is 2. The summed E-state index contributed by atoms with van der Waals surface area (Å²) < 4.78 is 13.0. The fraction of sp³-hybridized carbons (Fsp3) is 0. The van der Waals surface area contributed by atoms with Crippen LogP contribution in [0.5, 0.6) is 0 Å². The Morgan fingerprint density at radius 1 is 1.04 bits per heavy atom. The molecule has 0 bridgehead atoms. The number of anilines is 1. The van der Waals surface area contributed by atoms with Crippen LogP contribution in [0.15, 0.2) is 65.6 Å². The molecule has 2 aromatic rings. The van der Waals surface area contributed by atoms with Gasteiger partial charge in [-0.15, -0.1) is 0 Å². The SMILES string of the molecule is O=C1S/C(=C\C=C\c2ccc([N+](=O)[O-])cc2)C(=O)N1c1ccc(F)cc1. The number of allylic oxidation sites excluding steroid dienone is 2. The highest BCUT2D eigenvalue weighted by Gasteiger charge is 2.35. The fourth-order valence-electron chi connectivity index (χ4n) is 2.25. The molecule has 26 heavy (non-hydrogen) atoms. The quantitative estimate of drug-likeness (QED) is 0.449. The Balaban J connectivity index is 1.75. The molecule has 2 amide bonds. The lowest BCUT2D eigenvalue weighted by Gasteiger charge is -2.11. The van der Waals surface area contributed by atoms with Gasteiger partial charge in [0.05, 0.1) is 15.5 Å². The van der Waals surface area contributed by atoms with Gasteiger partial charge in [-0.25, -0.2) is 9.29 Å². The zero-order chi connectivity index (χ0) is 18.7. The highest BCUT2D eigenvalue weighted by Crippen LogP contribution is 2.34. The van der Waals surface area contributed by atoms with Crippen LogP contribution in [0.3, 0.4) is 0 Å². The number of rotatable bonds is 4. The van der Waals surface area contributed by atoms with Crippen molar-refractivity contribution in [3.05, 3.63) is 87.1 Å². The first kappa shape index (κ1) is 17.6. The molecule has 3 rings (SSSR count). The Bertz CT molecular complexity index is 937. The monoisotopic (exact) mass is 370 g/mol. The molecule has 0 spiro atoms. The third kappa shape index (κ3) is 3.70. The van der Waals surface area contributed by atoms with Gasteiger partial charge in [0.15, 0.2) is 0 Å². The van der Waals surface area contributed by atoms with E-state index in [0.717, 1.165) is 16.7 Å². The number of hydrogen-bond donors (Lipinski definition) is 0. The first-order chi connectivity index (χ1) is 12.5. The standard InChI is InChI=1S/C18H11FN2O4S/c19-13-6-10-14(11-7-13)20-17(22)16(26-18(20)23)3-1-2-12-4-8-15(9-5-12)21(24)25/h1-11H/b2-1+,16-3-. The molecular weight excluding hydrogens is 359 g/mol. The second-order valence-corrected chi connectivity index (χ2v) is 6.22. The minimum absolute atomic E-state index is 0.0115. The summed E-state index contributed by atoms with van der Waals surface area (Å²) in [6.07, 6.45) is 4.74. The normalized spacial score (nSPS) is 16.0. The van der Waals surface area contributed by atoms with Crippen LogP contribution in [0, 0.1) is 15.9 Å². The third-order valence-corrected chi connectivity index (χ3v) is 4.41. The largest absolute Gasteiger partial charge is 0.298 e. The molecule has 1 fully saturated rings. The molecule has 0 saturated carbocycles. The van der Waals surface area contributed by atoms with E-state index in [4.69, 9.17) is 0 Å². The van der Waals surface area contributed by atoms with Crippen LogP contribution < -0.4 is 4.90 Å². The summed E-state index contributed by atoms with van der Waals surface area (Å²) in [5.74, 6) is -0.942. The van der Waals surface area contributed by atoms with Crippen molar-refractivity contribution in [1.29, 1.82) is 0 Å². The molecule has 2 aromatic carbocycles. The van der Waals surface area contributed by atoms with Crippen LogP contribution >= 0.6 is 11.8 Å². The molecule has 130 valence electrons. The summed E-state index contributed by atoms with van der Waals surface area (Å²) in [7, 11) is 0. The van der Waals surface area contributed by atoms with Crippen molar-refractivity contribution in [1.82, 2.24) is 0 Å². The van der Waals surface area contributed by atoms with Crippen molar-refractivity contribution in [3.8, 4) is 0 Å². The number of nitro benzene ring substituents is 1. The molecule has 1 aliphatic rings. The highest BCUT2D eigenvalue weighted by atomic mass is 32.2. The highest BCUT2D eigenvalue weighted by molar-refractivity contribution is 8.18. The van der Waals surface area contributed by atoms with Crippen molar-refractivity contribution >= 4 is 40.4 Å². The number of nitrogens with zero attached hydrogens (tertiary/aromatic N) is 2. The van der Waals surface area contributed by atoms with Crippen molar-refractivity contribution in [2.24, 2.45) is 0 Å². The summed E-state index contributed by atoms with van der Waals surface area (Å²) in [5, 5.41) is 10.2. The van der Waals surface area contributed by atoms with E-state index < -0.39 is 21.9 Å². The Labute approximate surface area is 151 Å². The summed E-state index contributed by atoms with van der Waals surface area (Å²) in [6, 6.07) is 11.0. The summed E-state index contributed by atoms with van der Waals surface area (Å²) in [5.41, 5.74) is 1.00. The van der Waals surface area contributed by atoms with Gasteiger partial charge in [-0.3, -0.25) is 19.7 Å².